The second-order valence-corrected chi connectivity index (χ2v) is 6.06. The largest absolute Gasteiger partial charge is 0.328 e. The molecule has 0 aliphatic rings. The van der Waals surface area contributed by atoms with Crippen LogP contribution >= 0.6 is 0 Å². The van der Waals surface area contributed by atoms with Gasteiger partial charge in [-0.1, -0.05) is 6.07 Å². The van der Waals surface area contributed by atoms with Gasteiger partial charge in [0, 0.05) is 45.6 Å². The summed E-state index contributed by atoms with van der Waals surface area (Å²) < 4.78 is 5.32. The number of fused-ring (bicyclic) bond motifs is 1. The van der Waals surface area contributed by atoms with Crippen molar-refractivity contribution < 1.29 is 0 Å². The summed E-state index contributed by atoms with van der Waals surface area (Å²) in [4.78, 5) is 12.0. The van der Waals surface area contributed by atoms with Gasteiger partial charge in [-0.3, -0.25) is 13.8 Å². The number of rotatable bonds is 6. The summed E-state index contributed by atoms with van der Waals surface area (Å²) >= 11 is 0. The lowest BCUT2D eigenvalue weighted by Crippen LogP contribution is -2.26. The molecule has 6 heteroatoms. The van der Waals surface area contributed by atoms with Crippen LogP contribution in [-0.2, 0) is 27.2 Å². The highest BCUT2D eigenvalue weighted by Gasteiger charge is 2.08. The number of aryl methyl sites for hydroxylation is 3. The molecule has 1 aromatic carbocycles. The minimum atomic E-state index is 0.0118. The second kappa shape index (κ2) is 6.42. The summed E-state index contributed by atoms with van der Waals surface area (Å²) in [7, 11) is 3.62. The molecule has 0 radical (unpaired) electrons. The van der Waals surface area contributed by atoms with Crippen LogP contribution in [0.2, 0.25) is 0 Å². The van der Waals surface area contributed by atoms with Crippen molar-refractivity contribution in [3.8, 4) is 0 Å². The molecular formula is C17H23N5O. The zero-order chi connectivity index (χ0) is 16.4. The Kier molecular flexibility index (Phi) is 4.34. The molecule has 2 heterocycles. The minimum absolute atomic E-state index is 0.0118. The Morgan fingerprint density at radius 2 is 2.00 bits per heavy atom. The molecule has 0 amide bonds. The van der Waals surface area contributed by atoms with Crippen LogP contribution in [0.5, 0.6) is 0 Å². The molecule has 2 aromatic heterocycles. The van der Waals surface area contributed by atoms with Gasteiger partial charge in [0.2, 0.25) is 0 Å². The second-order valence-electron chi connectivity index (χ2n) is 6.06. The highest BCUT2D eigenvalue weighted by atomic mass is 16.1. The third-order valence-corrected chi connectivity index (χ3v) is 4.34. The smallest absolute Gasteiger partial charge is 0.310 e. The molecule has 6 nitrogen and oxygen atoms in total. The predicted molar refractivity (Wildman–Crippen MR) is 91.3 cm³/mol. The van der Waals surface area contributed by atoms with Crippen molar-refractivity contribution in [2.24, 2.45) is 14.1 Å². The Labute approximate surface area is 135 Å². The number of hydrogen-bond acceptors (Lipinski definition) is 3. The SMILES string of the molecule is C[C@@H](CCn1cccn1)NCc1ccc2c(c1)n(C)c(=O)n2C. The molecule has 0 unspecified atom stereocenters. The molecule has 0 aliphatic carbocycles. The van der Waals surface area contributed by atoms with Crippen LogP contribution in [0.3, 0.4) is 0 Å². The molecule has 0 saturated carbocycles. The molecule has 1 N–H and O–H groups in total. The fourth-order valence-electron chi connectivity index (χ4n) is 2.82. The van der Waals surface area contributed by atoms with E-state index >= 15 is 0 Å². The van der Waals surface area contributed by atoms with Gasteiger partial charge >= 0.3 is 5.69 Å². The van der Waals surface area contributed by atoms with E-state index in [-0.39, 0.29) is 5.69 Å². The Bertz CT molecular complexity index is 844. The zero-order valence-electron chi connectivity index (χ0n) is 13.9. The van der Waals surface area contributed by atoms with Crippen LogP contribution in [0.15, 0.2) is 41.5 Å². The van der Waals surface area contributed by atoms with E-state index in [2.05, 4.69) is 29.5 Å². The lowest BCUT2D eigenvalue weighted by atomic mass is 10.1. The van der Waals surface area contributed by atoms with Gasteiger partial charge in [-0.05, 0) is 37.1 Å². The quantitative estimate of drug-likeness (QED) is 0.753. The molecule has 3 rings (SSSR count). The number of hydrogen-bond donors (Lipinski definition) is 1. The predicted octanol–water partition coefficient (Wildman–Crippen LogP) is 1.64. The molecule has 122 valence electrons. The highest BCUT2D eigenvalue weighted by molar-refractivity contribution is 5.76. The molecule has 1 atom stereocenters. The average molecular weight is 313 g/mol. The summed E-state index contributed by atoms with van der Waals surface area (Å²) in [5.41, 5.74) is 3.14. The molecule has 3 aromatic rings. The third-order valence-electron chi connectivity index (χ3n) is 4.34. The van der Waals surface area contributed by atoms with Crippen LogP contribution in [-0.4, -0.2) is 25.0 Å². The topological polar surface area (TPSA) is 56.8 Å². The normalized spacial score (nSPS) is 12.8. The Morgan fingerprint density at radius 1 is 1.22 bits per heavy atom. The van der Waals surface area contributed by atoms with Crippen molar-refractivity contribution in [2.45, 2.75) is 32.5 Å². The van der Waals surface area contributed by atoms with Crippen LogP contribution in [0.4, 0.5) is 0 Å². The standard InChI is InChI=1S/C17H23N5O/c1-13(7-10-22-9-4-8-19-22)18-12-14-5-6-15-16(11-14)21(3)17(23)20(15)2/h4-6,8-9,11,13,18H,7,10,12H2,1-3H3/t13-/m0/s1. The maximum Gasteiger partial charge on any atom is 0.328 e. The van der Waals surface area contributed by atoms with Gasteiger partial charge in [-0.2, -0.15) is 5.10 Å². The Balaban J connectivity index is 1.63. The van der Waals surface area contributed by atoms with E-state index in [1.807, 2.05) is 30.1 Å². The maximum absolute atomic E-state index is 12.0. The molecular weight excluding hydrogens is 290 g/mol. The van der Waals surface area contributed by atoms with Gasteiger partial charge in [0.25, 0.3) is 0 Å². The Hall–Kier alpha value is -2.34. The zero-order valence-corrected chi connectivity index (χ0v) is 13.9. The van der Waals surface area contributed by atoms with E-state index in [0.29, 0.717) is 6.04 Å². The number of benzene rings is 1. The van der Waals surface area contributed by atoms with Crippen molar-refractivity contribution in [1.29, 1.82) is 0 Å². The van der Waals surface area contributed by atoms with Crippen molar-refractivity contribution in [3.63, 3.8) is 0 Å². The van der Waals surface area contributed by atoms with E-state index < -0.39 is 0 Å². The van der Waals surface area contributed by atoms with Gasteiger partial charge in [0.15, 0.2) is 0 Å². The molecule has 0 fully saturated rings. The van der Waals surface area contributed by atoms with Crippen molar-refractivity contribution in [3.05, 3.63) is 52.7 Å². The minimum Gasteiger partial charge on any atom is -0.310 e. The van der Waals surface area contributed by atoms with Crippen molar-refractivity contribution >= 4 is 11.0 Å². The molecule has 0 saturated heterocycles. The van der Waals surface area contributed by atoms with Crippen LogP contribution in [0.1, 0.15) is 18.9 Å². The molecule has 0 bridgehead atoms. The van der Waals surface area contributed by atoms with E-state index in [1.165, 1.54) is 5.56 Å². The number of imidazole rings is 1. The summed E-state index contributed by atoms with van der Waals surface area (Å²) in [6.07, 6.45) is 4.81. The number of nitrogens with one attached hydrogen (secondary N) is 1. The lowest BCUT2D eigenvalue weighted by Gasteiger charge is -2.14. The van der Waals surface area contributed by atoms with Crippen molar-refractivity contribution in [2.75, 3.05) is 0 Å². The molecule has 0 aliphatic heterocycles. The average Bonchev–Trinajstić information content (AvgIpc) is 3.15. The summed E-state index contributed by atoms with van der Waals surface area (Å²) in [5.74, 6) is 0. The van der Waals surface area contributed by atoms with Gasteiger partial charge in [-0.15, -0.1) is 0 Å². The van der Waals surface area contributed by atoms with Crippen LogP contribution in [0, 0.1) is 0 Å². The van der Waals surface area contributed by atoms with E-state index in [9.17, 15) is 4.79 Å². The fourth-order valence-corrected chi connectivity index (χ4v) is 2.82. The first-order valence-electron chi connectivity index (χ1n) is 7.91. The van der Waals surface area contributed by atoms with E-state index in [4.69, 9.17) is 0 Å². The van der Waals surface area contributed by atoms with Gasteiger partial charge in [0.1, 0.15) is 0 Å². The first-order chi connectivity index (χ1) is 11.1. The Morgan fingerprint density at radius 3 is 2.74 bits per heavy atom. The molecule has 0 spiro atoms. The maximum atomic E-state index is 12.0. The lowest BCUT2D eigenvalue weighted by molar-refractivity contribution is 0.458. The van der Waals surface area contributed by atoms with Crippen LogP contribution < -0.4 is 11.0 Å². The summed E-state index contributed by atoms with van der Waals surface area (Å²) in [6.45, 7) is 3.88. The van der Waals surface area contributed by atoms with E-state index in [1.54, 1.807) is 22.4 Å². The number of aromatic nitrogens is 4. The summed E-state index contributed by atoms with van der Waals surface area (Å²) in [5, 5.41) is 7.75. The van der Waals surface area contributed by atoms with Crippen LogP contribution in [0.25, 0.3) is 11.0 Å². The van der Waals surface area contributed by atoms with E-state index in [0.717, 1.165) is 30.5 Å². The highest BCUT2D eigenvalue weighted by Crippen LogP contribution is 2.14. The van der Waals surface area contributed by atoms with Gasteiger partial charge in [0.05, 0.1) is 11.0 Å². The first kappa shape index (κ1) is 15.6. The van der Waals surface area contributed by atoms with Gasteiger partial charge in [-0.25, -0.2) is 4.79 Å². The fraction of sp³-hybridized carbons (Fsp3) is 0.412. The van der Waals surface area contributed by atoms with Crippen molar-refractivity contribution in [1.82, 2.24) is 24.2 Å². The number of nitrogens with zero attached hydrogens (tertiary/aromatic N) is 4. The third kappa shape index (κ3) is 3.22. The summed E-state index contributed by atoms with van der Waals surface area (Å²) in [6, 6.07) is 8.52. The van der Waals surface area contributed by atoms with Gasteiger partial charge < -0.3 is 5.32 Å². The first-order valence-corrected chi connectivity index (χ1v) is 7.91. The molecule has 23 heavy (non-hydrogen) atoms. The monoisotopic (exact) mass is 313 g/mol.